The van der Waals surface area contributed by atoms with Crippen LogP contribution in [0.1, 0.15) is 11.9 Å². The minimum Gasteiger partial charge on any atom is -0.424 e. The normalized spacial score (nSPS) is 32.3. The van der Waals surface area contributed by atoms with Crippen molar-refractivity contribution >= 4 is 10.8 Å². The van der Waals surface area contributed by atoms with E-state index in [2.05, 4.69) is 0 Å². The molecule has 0 amide bonds. The first kappa shape index (κ1) is 15.1. The van der Waals surface area contributed by atoms with Crippen LogP contribution in [0, 0.1) is 0 Å². The van der Waals surface area contributed by atoms with Crippen LogP contribution in [0.4, 0.5) is 0 Å². The minimum atomic E-state index is -1.52. The number of aliphatic hydroxyl groups is 4. The number of hydrogen-bond acceptors (Lipinski definition) is 7. The van der Waals surface area contributed by atoms with Gasteiger partial charge >= 0.3 is 5.63 Å². The third-order valence-electron chi connectivity index (χ3n) is 3.86. The van der Waals surface area contributed by atoms with Crippen molar-refractivity contribution in [2.75, 3.05) is 6.61 Å². The molecule has 0 saturated carbocycles. The highest BCUT2D eigenvalue weighted by Crippen LogP contribution is 2.32. The van der Waals surface area contributed by atoms with Crippen LogP contribution in [-0.2, 0) is 4.74 Å². The molecule has 118 valence electrons. The standard InChI is InChI=1S/C15H16O7/c16-6-10-11(17)12(18)13(19)14(21-10)9-5-7-3-1-2-4-8(7)15(20)22-9/h1-5,10-14,16-19H,6H2/t10-,11-,12+,13-,14+/m1/s1. The monoisotopic (exact) mass is 308 g/mol. The summed E-state index contributed by atoms with van der Waals surface area (Å²) >= 11 is 0. The second-order valence-electron chi connectivity index (χ2n) is 5.27. The molecule has 1 fully saturated rings. The fourth-order valence-electron chi connectivity index (χ4n) is 2.63. The molecule has 0 aliphatic carbocycles. The van der Waals surface area contributed by atoms with Crippen LogP contribution in [0.25, 0.3) is 10.8 Å². The van der Waals surface area contributed by atoms with Crippen LogP contribution < -0.4 is 5.63 Å². The summed E-state index contributed by atoms with van der Waals surface area (Å²) in [5.41, 5.74) is -0.593. The van der Waals surface area contributed by atoms with E-state index in [0.29, 0.717) is 10.8 Å². The van der Waals surface area contributed by atoms with Crippen molar-refractivity contribution in [1.82, 2.24) is 0 Å². The molecule has 1 aliphatic rings. The number of rotatable bonds is 2. The lowest BCUT2D eigenvalue weighted by atomic mass is 9.93. The van der Waals surface area contributed by atoms with Gasteiger partial charge in [0.1, 0.15) is 36.3 Å². The van der Waals surface area contributed by atoms with Gasteiger partial charge in [-0.15, -0.1) is 0 Å². The van der Waals surface area contributed by atoms with E-state index in [1.165, 1.54) is 6.07 Å². The zero-order chi connectivity index (χ0) is 15.9. The Balaban J connectivity index is 2.04. The summed E-state index contributed by atoms with van der Waals surface area (Å²) in [5.74, 6) is 0.0283. The Morgan fingerprint density at radius 3 is 2.50 bits per heavy atom. The summed E-state index contributed by atoms with van der Waals surface area (Å²) in [6.07, 6.45) is -6.67. The minimum absolute atomic E-state index is 0.0283. The van der Waals surface area contributed by atoms with Crippen molar-refractivity contribution < 1.29 is 29.6 Å². The van der Waals surface area contributed by atoms with Crippen LogP contribution in [0.2, 0.25) is 0 Å². The molecule has 1 aromatic heterocycles. The molecule has 1 saturated heterocycles. The molecule has 1 aliphatic heterocycles. The molecule has 0 radical (unpaired) electrons. The van der Waals surface area contributed by atoms with E-state index in [9.17, 15) is 25.2 Å². The SMILES string of the molecule is O=c1oc([C@@H]2O[C@H](CO)[C@@H](O)[C@H](O)[C@H]2O)cc2ccccc12. The van der Waals surface area contributed by atoms with E-state index in [4.69, 9.17) is 9.15 Å². The van der Waals surface area contributed by atoms with E-state index in [1.807, 2.05) is 0 Å². The first-order chi connectivity index (χ1) is 10.5. The van der Waals surface area contributed by atoms with Gasteiger partial charge in [-0.3, -0.25) is 0 Å². The average Bonchev–Trinajstić information content (AvgIpc) is 2.53. The Morgan fingerprint density at radius 1 is 1.05 bits per heavy atom. The van der Waals surface area contributed by atoms with Gasteiger partial charge in [-0.1, -0.05) is 18.2 Å². The molecule has 0 bridgehead atoms. The molecule has 0 unspecified atom stereocenters. The van der Waals surface area contributed by atoms with Gasteiger partial charge in [-0.25, -0.2) is 4.79 Å². The van der Waals surface area contributed by atoms with Crippen LogP contribution >= 0.6 is 0 Å². The van der Waals surface area contributed by atoms with Crippen molar-refractivity contribution in [3.05, 3.63) is 46.5 Å². The van der Waals surface area contributed by atoms with Gasteiger partial charge in [-0.2, -0.15) is 0 Å². The number of aliphatic hydroxyl groups excluding tert-OH is 4. The van der Waals surface area contributed by atoms with Crippen LogP contribution in [0.3, 0.4) is 0 Å². The zero-order valence-electron chi connectivity index (χ0n) is 11.5. The summed E-state index contributed by atoms with van der Waals surface area (Å²) in [6.45, 7) is -0.542. The van der Waals surface area contributed by atoms with Crippen LogP contribution in [0.15, 0.2) is 39.5 Å². The van der Waals surface area contributed by atoms with Crippen molar-refractivity contribution in [1.29, 1.82) is 0 Å². The average molecular weight is 308 g/mol. The van der Waals surface area contributed by atoms with Gasteiger partial charge in [0.2, 0.25) is 0 Å². The Labute approximate surface area is 125 Å². The van der Waals surface area contributed by atoms with Gasteiger partial charge in [0, 0.05) is 0 Å². The Morgan fingerprint density at radius 2 is 1.77 bits per heavy atom. The molecule has 2 aromatic rings. The highest BCUT2D eigenvalue weighted by Gasteiger charge is 2.45. The second kappa shape index (κ2) is 5.79. The summed E-state index contributed by atoms with van der Waals surface area (Å²) in [5, 5.41) is 39.8. The predicted molar refractivity (Wildman–Crippen MR) is 75.2 cm³/mol. The predicted octanol–water partition coefficient (Wildman–Crippen LogP) is -0.692. The molecular formula is C15H16O7. The third-order valence-corrected chi connectivity index (χ3v) is 3.86. The highest BCUT2D eigenvalue weighted by atomic mass is 16.6. The first-order valence-corrected chi connectivity index (χ1v) is 6.86. The molecule has 0 spiro atoms. The maximum Gasteiger partial charge on any atom is 0.343 e. The maximum absolute atomic E-state index is 12.0. The molecule has 2 heterocycles. The topological polar surface area (TPSA) is 120 Å². The molecule has 7 nitrogen and oxygen atoms in total. The lowest BCUT2D eigenvalue weighted by molar-refractivity contribution is -0.235. The lowest BCUT2D eigenvalue weighted by Crippen LogP contribution is -2.55. The maximum atomic E-state index is 12.0. The van der Waals surface area contributed by atoms with Crippen molar-refractivity contribution in [3.8, 4) is 0 Å². The highest BCUT2D eigenvalue weighted by molar-refractivity contribution is 5.81. The molecule has 7 heteroatoms. The Kier molecular flexibility index (Phi) is 3.98. The smallest absolute Gasteiger partial charge is 0.343 e. The van der Waals surface area contributed by atoms with E-state index >= 15 is 0 Å². The largest absolute Gasteiger partial charge is 0.424 e. The summed E-state index contributed by atoms with van der Waals surface area (Å²) in [6, 6.07) is 8.30. The Bertz CT molecular complexity index is 723. The van der Waals surface area contributed by atoms with Gasteiger partial charge < -0.3 is 29.6 Å². The van der Waals surface area contributed by atoms with E-state index in [0.717, 1.165) is 0 Å². The molecule has 22 heavy (non-hydrogen) atoms. The summed E-state index contributed by atoms with van der Waals surface area (Å²) in [7, 11) is 0. The fourth-order valence-corrected chi connectivity index (χ4v) is 2.63. The van der Waals surface area contributed by atoms with Gasteiger partial charge in [-0.05, 0) is 17.5 Å². The van der Waals surface area contributed by atoms with Crippen LogP contribution in [0.5, 0.6) is 0 Å². The summed E-state index contributed by atoms with van der Waals surface area (Å²) < 4.78 is 10.5. The molecule has 4 N–H and O–H groups in total. The van der Waals surface area contributed by atoms with E-state index in [1.54, 1.807) is 24.3 Å². The quantitative estimate of drug-likeness (QED) is 0.579. The number of benzene rings is 1. The molecular weight excluding hydrogens is 292 g/mol. The third kappa shape index (κ3) is 2.43. The van der Waals surface area contributed by atoms with Gasteiger partial charge in [0.15, 0.2) is 0 Å². The van der Waals surface area contributed by atoms with E-state index in [-0.39, 0.29) is 5.76 Å². The lowest BCUT2D eigenvalue weighted by Gasteiger charge is -2.39. The van der Waals surface area contributed by atoms with Crippen molar-refractivity contribution in [2.45, 2.75) is 30.5 Å². The zero-order valence-corrected chi connectivity index (χ0v) is 11.5. The summed E-state index contributed by atoms with van der Waals surface area (Å²) in [4.78, 5) is 12.0. The number of ether oxygens (including phenoxy) is 1. The Hall–Kier alpha value is -1.77. The van der Waals surface area contributed by atoms with Gasteiger partial charge in [0.25, 0.3) is 0 Å². The van der Waals surface area contributed by atoms with Crippen molar-refractivity contribution in [3.63, 3.8) is 0 Å². The fraction of sp³-hybridized carbons (Fsp3) is 0.400. The second-order valence-corrected chi connectivity index (χ2v) is 5.27. The molecule has 5 atom stereocenters. The van der Waals surface area contributed by atoms with Crippen LogP contribution in [-0.4, -0.2) is 51.4 Å². The first-order valence-electron chi connectivity index (χ1n) is 6.86. The number of fused-ring (bicyclic) bond motifs is 1. The number of hydrogen-bond donors (Lipinski definition) is 4. The van der Waals surface area contributed by atoms with Crippen molar-refractivity contribution in [2.24, 2.45) is 0 Å². The van der Waals surface area contributed by atoms with E-state index < -0.39 is 42.8 Å². The van der Waals surface area contributed by atoms with Gasteiger partial charge in [0.05, 0.1) is 12.0 Å². The molecule has 1 aromatic carbocycles. The molecule has 3 rings (SSSR count).